The van der Waals surface area contributed by atoms with Crippen LogP contribution in [0.1, 0.15) is 12.2 Å². The van der Waals surface area contributed by atoms with E-state index in [0.717, 1.165) is 0 Å². The third-order valence-corrected chi connectivity index (χ3v) is 3.20. The van der Waals surface area contributed by atoms with Gasteiger partial charge < -0.3 is 23.9 Å². The van der Waals surface area contributed by atoms with Crippen LogP contribution in [0.25, 0.3) is 0 Å². The zero-order valence-corrected chi connectivity index (χ0v) is 12.8. The van der Waals surface area contributed by atoms with Crippen molar-refractivity contribution >= 4 is 17.6 Å². The standard InChI is InChI=1S/C16H13F2NO6/c17-16(18)24-12-5-3-10(8-13(12)25-16)19-14(20)9-23-15(21)6-4-11-2-1-7-22-11/h1-3,5,7-8H,4,6,9H2,(H,19,20). The highest BCUT2D eigenvalue weighted by Crippen LogP contribution is 2.42. The van der Waals surface area contributed by atoms with Crippen LogP contribution >= 0.6 is 0 Å². The van der Waals surface area contributed by atoms with Crippen molar-refractivity contribution in [3.8, 4) is 11.5 Å². The van der Waals surface area contributed by atoms with Crippen molar-refractivity contribution < 1.29 is 37.0 Å². The van der Waals surface area contributed by atoms with Crippen molar-refractivity contribution in [2.75, 3.05) is 11.9 Å². The molecule has 0 bridgehead atoms. The number of amides is 1. The van der Waals surface area contributed by atoms with Crippen LogP contribution in [0.2, 0.25) is 0 Å². The summed E-state index contributed by atoms with van der Waals surface area (Å²) in [5, 5.41) is 2.41. The maximum atomic E-state index is 12.9. The Morgan fingerprint density at radius 2 is 1.96 bits per heavy atom. The van der Waals surface area contributed by atoms with Gasteiger partial charge in [-0.2, -0.15) is 0 Å². The number of hydrogen-bond donors (Lipinski definition) is 1. The number of carbonyl (C=O) groups is 2. The van der Waals surface area contributed by atoms with Gasteiger partial charge in [-0.3, -0.25) is 9.59 Å². The summed E-state index contributed by atoms with van der Waals surface area (Å²) in [7, 11) is 0. The van der Waals surface area contributed by atoms with Gasteiger partial charge in [0.1, 0.15) is 5.76 Å². The zero-order valence-electron chi connectivity index (χ0n) is 12.8. The van der Waals surface area contributed by atoms with Crippen LogP contribution < -0.4 is 14.8 Å². The first kappa shape index (κ1) is 16.7. The van der Waals surface area contributed by atoms with Crippen LogP contribution in [-0.2, 0) is 20.7 Å². The lowest BCUT2D eigenvalue weighted by molar-refractivity contribution is -0.286. The minimum Gasteiger partial charge on any atom is -0.469 e. The van der Waals surface area contributed by atoms with Gasteiger partial charge in [0.25, 0.3) is 5.91 Å². The summed E-state index contributed by atoms with van der Waals surface area (Å²) in [6.07, 6.45) is -1.80. The molecule has 0 spiro atoms. The van der Waals surface area contributed by atoms with Crippen molar-refractivity contribution in [2.45, 2.75) is 19.1 Å². The average molecular weight is 353 g/mol. The highest BCUT2D eigenvalue weighted by Gasteiger charge is 2.43. The molecule has 0 aliphatic carbocycles. The fourth-order valence-corrected chi connectivity index (χ4v) is 2.12. The number of rotatable bonds is 6. The molecular formula is C16H13F2NO6. The summed E-state index contributed by atoms with van der Waals surface area (Å²) in [5.74, 6) is -0.863. The quantitative estimate of drug-likeness (QED) is 0.804. The Balaban J connectivity index is 1.44. The van der Waals surface area contributed by atoms with Gasteiger partial charge in [0.05, 0.1) is 12.7 Å². The van der Waals surface area contributed by atoms with Crippen molar-refractivity contribution in [1.82, 2.24) is 0 Å². The van der Waals surface area contributed by atoms with Crippen LogP contribution in [0.3, 0.4) is 0 Å². The normalized spacial score (nSPS) is 14.2. The molecule has 0 unspecified atom stereocenters. The molecular weight excluding hydrogens is 340 g/mol. The summed E-state index contributed by atoms with van der Waals surface area (Å²) in [6.45, 7) is -0.498. The first-order valence-electron chi connectivity index (χ1n) is 7.29. The van der Waals surface area contributed by atoms with Gasteiger partial charge >= 0.3 is 12.3 Å². The summed E-state index contributed by atoms with van der Waals surface area (Å²) in [6, 6.07) is 7.22. The van der Waals surface area contributed by atoms with E-state index in [2.05, 4.69) is 14.8 Å². The molecule has 1 aromatic heterocycles. The molecule has 1 aromatic carbocycles. The van der Waals surface area contributed by atoms with E-state index in [0.29, 0.717) is 12.2 Å². The van der Waals surface area contributed by atoms with Crippen molar-refractivity contribution in [2.24, 2.45) is 0 Å². The second-order valence-electron chi connectivity index (χ2n) is 5.12. The van der Waals surface area contributed by atoms with Gasteiger partial charge in [-0.15, -0.1) is 8.78 Å². The minimum absolute atomic E-state index is 0.0693. The van der Waals surface area contributed by atoms with Gasteiger partial charge in [-0.1, -0.05) is 0 Å². The van der Waals surface area contributed by atoms with E-state index in [1.807, 2.05) is 0 Å². The Morgan fingerprint density at radius 3 is 2.72 bits per heavy atom. The molecule has 1 aliphatic rings. The number of nitrogens with one attached hydrogen (secondary N) is 1. The fourth-order valence-electron chi connectivity index (χ4n) is 2.12. The van der Waals surface area contributed by atoms with Crippen LogP contribution in [0, 0.1) is 0 Å². The number of anilines is 1. The number of benzene rings is 1. The molecule has 0 saturated heterocycles. The molecule has 0 saturated carbocycles. The van der Waals surface area contributed by atoms with Crippen LogP contribution in [0.5, 0.6) is 11.5 Å². The lowest BCUT2D eigenvalue weighted by Crippen LogP contribution is -2.25. The number of alkyl halides is 2. The molecule has 2 aromatic rings. The maximum Gasteiger partial charge on any atom is 0.586 e. The molecule has 0 radical (unpaired) electrons. The summed E-state index contributed by atoms with van der Waals surface area (Å²) < 4.78 is 44.3. The van der Waals surface area contributed by atoms with E-state index in [4.69, 9.17) is 9.15 Å². The molecule has 9 heteroatoms. The lowest BCUT2D eigenvalue weighted by atomic mass is 10.2. The molecule has 7 nitrogen and oxygen atoms in total. The van der Waals surface area contributed by atoms with Gasteiger partial charge in [0.15, 0.2) is 18.1 Å². The first-order valence-corrected chi connectivity index (χ1v) is 7.29. The van der Waals surface area contributed by atoms with E-state index >= 15 is 0 Å². The van der Waals surface area contributed by atoms with E-state index in [9.17, 15) is 18.4 Å². The SMILES string of the molecule is O=C(COC(=O)CCc1ccco1)Nc1ccc2c(c1)OC(F)(F)O2. The number of carbonyl (C=O) groups excluding carboxylic acids is 2. The molecule has 1 aliphatic heterocycles. The highest BCUT2D eigenvalue weighted by atomic mass is 19.3. The highest BCUT2D eigenvalue weighted by molar-refractivity contribution is 5.93. The summed E-state index contributed by atoms with van der Waals surface area (Å²) in [5.41, 5.74) is 0.205. The molecule has 25 heavy (non-hydrogen) atoms. The van der Waals surface area contributed by atoms with E-state index < -0.39 is 24.8 Å². The molecule has 0 atom stereocenters. The van der Waals surface area contributed by atoms with Crippen molar-refractivity contribution in [3.05, 3.63) is 42.4 Å². The van der Waals surface area contributed by atoms with Crippen molar-refractivity contribution in [3.63, 3.8) is 0 Å². The Kier molecular flexibility index (Phi) is 4.55. The molecule has 0 fully saturated rings. The monoisotopic (exact) mass is 353 g/mol. The predicted molar refractivity (Wildman–Crippen MR) is 79.3 cm³/mol. The van der Waals surface area contributed by atoms with E-state index in [1.54, 1.807) is 12.1 Å². The Bertz CT molecular complexity index is 775. The summed E-state index contributed by atoms with van der Waals surface area (Å²) in [4.78, 5) is 23.3. The van der Waals surface area contributed by atoms with Gasteiger partial charge in [0.2, 0.25) is 0 Å². The molecule has 132 valence electrons. The van der Waals surface area contributed by atoms with Crippen molar-refractivity contribution in [1.29, 1.82) is 0 Å². The first-order chi connectivity index (χ1) is 11.9. The second kappa shape index (κ2) is 6.80. The Morgan fingerprint density at radius 1 is 1.16 bits per heavy atom. The number of aryl methyl sites for hydroxylation is 1. The van der Waals surface area contributed by atoms with Gasteiger partial charge in [0, 0.05) is 18.2 Å². The van der Waals surface area contributed by atoms with Crippen LogP contribution in [-0.4, -0.2) is 24.8 Å². The number of fused-ring (bicyclic) bond motifs is 1. The van der Waals surface area contributed by atoms with Gasteiger partial charge in [-0.05, 0) is 24.3 Å². The maximum absolute atomic E-state index is 12.9. The topological polar surface area (TPSA) is 87.0 Å². The molecule has 2 heterocycles. The van der Waals surface area contributed by atoms with Crippen LogP contribution in [0.4, 0.5) is 14.5 Å². The molecule has 1 amide bonds. The number of ether oxygens (including phenoxy) is 3. The second-order valence-corrected chi connectivity index (χ2v) is 5.12. The molecule has 3 rings (SSSR count). The largest absolute Gasteiger partial charge is 0.586 e. The molecule has 1 N–H and O–H groups in total. The Labute approximate surface area is 140 Å². The average Bonchev–Trinajstić information content (AvgIpc) is 3.16. The fraction of sp³-hybridized carbons (Fsp3) is 0.250. The smallest absolute Gasteiger partial charge is 0.469 e. The number of halogens is 2. The number of furan rings is 1. The number of esters is 1. The lowest BCUT2D eigenvalue weighted by Gasteiger charge is -2.07. The predicted octanol–water partition coefficient (Wildman–Crippen LogP) is 2.72. The minimum atomic E-state index is -3.73. The third-order valence-electron chi connectivity index (χ3n) is 3.20. The third kappa shape index (κ3) is 4.46. The van der Waals surface area contributed by atoms with E-state index in [1.165, 1.54) is 24.5 Å². The number of hydrogen-bond acceptors (Lipinski definition) is 6. The van der Waals surface area contributed by atoms with Crippen LogP contribution in [0.15, 0.2) is 41.0 Å². The Hall–Kier alpha value is -3.10. The summed E-state index contributed by atoms with van der Waals surface area (Å²) >= 11 is 0. The van der Waals surface area contributed by atoms with Gasteiger partial charge in [-0.25, -0.2) is 0 Å². The van der Waals surface area contributed by atoms with E-state index in [-0.39, 0.29) is 23.6 Å². The zero-order chi connectivity index (χ0) is 17.9.